The first kappa shape index (κ1) is 29.9. The summed E-state index contributed by atoms with van der Waals surface area (Å²) in [5, 5.41) is 23.2. The zero-order valence-electron chi connectivity index (χ0n) is 25.6. The second-order valence-corrected chi connectivity index (χ2v) is 14.2. The average molecular weight is 600 g/mol. The molecule has 11 heteroatoms. The van der Waals surface area contributed by atoms with Crippen LogP contribution >= 0.6 is 0 Å². The molecule has 0 radical (unpaired) electrons. The molecular weight excluding hydrogens is 558 g/mol. The van der Waals surface area contributed by atoms with E-state index in [1.165, 1.54) is 11.1 Å². The number of para-hydroxylation sites is 1. The van der Waals surface area contributed by atoms with Gasteiger partial charge in [0.2, 0.25) is 17.7 Å². The van der Waals surface area contributed by atoms with Gasteiger partial charge in [-0.2, -0.15) is 10.4 Å². The van der Waals surface area contributed by atoms with Crippen LogP contribution in [0.4, 0.5) is 5.69 Å². The minimum absolute atomic E-state index is 0.0518. The number of nitriles is 1. The molecule has 2 saturated carbocycles. The number of rotatable bonds is 10. The third-order valence-corrected chi connectivity index (χ3v) is 9.31. The van der Waals surface area contributed by atoms with Crippen molar-refractivity contribution in [1.82, 2.24) is 25.3 Å². The fourth-order valence-electron chi connectivity index (χ4n) is 6.58. The van der Waals surface area contributed by atoms with Crippen molar-refractivity contribution >= 4 is 29.3 Å². The van der Waals surface area contributed by atoms with Crippen molar-refractivity contribution in [2.45, 2.75) is 102 Å². The van der Waals surface area contributed by atoms with Crippen molar-refractivity contribution in [2.24, 2.45) is 11.3 Å². The van der Waals surface area contributed by atoms with Crippen LogP contribution in [0.3, 0.4) is 0 Å². The summed E-state index contributed by atoms with van der Waals surface area (Å²) in [6.07, 6.45) is 9.32. The summed E-state index contributed by atoms with van der Waals surface area (Å²) in [5.41, 5.74) is 0.519. The Morgan fingerprint density at radius 1 is 1.14 bits per heavy atom. The highest BCUT2D eigenvalue weighted by Crippen LogP contribution is 2.46. The van der Waals surface area contributed by atoms with Crippen LogP contribution in [-0.2, 0) is 19.8 Å². The molecule has 0 unspecified atom stereocenters. The Hall–Kier alpha value is -4.20. The van der Waals surface area contributed by atoms with Gasteiger partial charge in [-0.3, -0.25) is 23.9 Å². The standard InChI is InChI=1S/C33H41N7O4/c1-32(2,3)15-27(30(43)39-19-33(14-23(39)16-34)24-6-4-5-7-25(24)38-31(33)44)37-29(42)26(13-10-20-8-9-20)36-28(41)21-17-35-40(18-21)22-11-12-22/h4-7,17-18,20,22-23,26-27H,8-15,19H2,1-3H3,(H,36,41)(H,37,42)(H,38,44)/t23-,26-,27-,33-/m0/s1. The van der Waals surface area contributed by atoms with Crippen LogP contribution in [-0.4, -0.2) is 63.0 Å². The first-order valence-electron chi connectivity index (χ1n) is 15.7. The number of likely N-dealkylation sites (tertiary alicyclic amines) is 1. The summed E-state index contributed by atoms with van der Waals surface area (Å²) in [6, 6.07) is 7.35. The molecule has 1 spiro atoms. The van der Waals surface area contributed by atoms with Gasteiger partial charge in [0.05, 0.1) is 29.3 Å². The van der Waals surface area contributed by atoms with E-state index in [2.05, 4.69) is 27.1 Å². The number of amides is 4. The Bertz CT molecular complexity index is 1510. The van der Waals surface area contributed by atoms with E-state index >= 15 is 0 Å². The van der Waals surface area contributed by atoms with Crippen molar-refractivity contribution in [3.05, 3.63) is 47.8 Å². The number of benzene rings is 1. The van der Waals surface area contributed by atoms with Gasteiger partial charge < -0.3 is 20.9 Å². The maximum atomic E-state index is 14.2. The number of fused-ring (bicyclic) bond motifs is 2. The van der Waals surface area contributed by atoms with Gasteiger partial charge >= 0.3 is 0 Å². The molecule has 1 aromatic heterocycles. The minimum Gasteiger partial charge on any atom is -0.342 e. The predicted octanol–water partition coefficient (Wildman–Crippen LogP) is 3.44. The van der Waals surface area contributed by atoms with E-state index in [0.29, 0.717) is 36.1 Å². The Kier molecular flexibility index (Phi) is 7.72. The number of hydrogen-bond donors (Lipinski definition) is 3. The SMILES string of the molecule is CC(C)(C)C[C@H](NC(=O)[C@H](CCC1CC1)NC(=O)c1cnn(C2CC2)c1)C(=O)N1C[C@]2(C[C@H]1C#N)C(=O)Nc1ccccc12. The minimum atomic E-state index is -1.02. The number of nitrogens with one attached hydrogen (secondary N) is 3. The molecule has 6 rings (SSSR count). The van der Waals surface area contributed by atoms with Gasteiger partial charge in [0.1, 0.15) is 18.1 Å². The molecule has 11 nitrogen and oxygen atoms in total. The molecule has 1 saturated heterocycles. The second kappa shape index (κ2) is 11.4. The molecule has 4 amide bonds. The molecule has 3 fully saturated rings. The van der Waals surface area contributed by atoms with Crippen molar-refractivity contribution < 1.29 is 19.2 Å². The third kappa shape index (κ3) is 6.07. The molecule has 4 atom stereocenters. The van der Waals surface area contributed by atoms with Crippen molar-refractivity contribution in [3.8, 4) is 6.07 Å². The van der Waals surface area contributed by atoms with E-state index in [9.17, 15) is 24.4 Å². The van der Waals surface area contributed by atoms with Gasteiger partial charge in [-0.15, -0.1) is 0 Å². The Labute approximate surface area is 257 Å². The van der Waals surface area contributed by atoms with E-state index in [0.717, 1.165) is 37.7 Å². The lowest BCUT2D eigenvalue weighted by Crippen LogP contribution is -2.56. The number of carbonyl (C=O) groups excluding carboxylic acids is 4. The number of hydrogen-bond acceptors (Lipinski definition) is 6. The van der Waals surface area contributed by atoms with Crippen LogP contribution in [0.15, 0.2) is 36.7 Å². The lowest BCUT2D eigenvalue weighted by molar-refractivity contribution is -0.138. The van der Waals surface area contributed by atoms with Crippen LogP contribution in [0.1, 0.15) is 94.1 Å². The van der Waals surface area contributed by atoms with E-state index in [1.54, 1.807) is 10.9 Å². The Balaban J connectivity index is 1.21. The summed E-state index contributed by atoms with van der Waals surface area (Å²) >= 11 is 0. The predicted molar refractivity (Wildman–Crippen MR) is 162 cm³/mol. The molecule has 4 aliphatic rings. The first-order chi connectivity index (χ1) is 21.0. The molecule has 2 aliphatic heterocycles. The fraction of sp³-hybridized carbons (Fsp3) is 0.576. The Morgan fingerprint density at radius 3 is 2.57 bits per heavy atom. The third-order valence-electron chi connectivity index (χ3n) is 9.31. The smallest absolute Gasteiger partial charge is 0.255 e. The monoisotopic (exact) mass is 599 g/mol. The van der Waals surface area contributed by atoms with Crippen LogP contribution in [0.25, 0.3) is 0 Å². The summed E-state index contributed by atoms with van der Waals surface area (Å²) in [6.45, 7) is 6.00. The average Bonchev–Trinajstić information content (AvgIpc) is 3.90. The highest BCUT2D eigenvalue weighted by atomic mass is 16.2. The van der Waals surface area contributed by atoms with E-state index < -0.39 is 35.4 Å². The lowest BCUT2D eigenvalue weighted by atomic mass is 9.80. The second-order valence-electron chi connectivity index (χ2n) is 14.2. The van der Waals surface area contributed by atoms with Crippen LogP contribution in [0.5, 0.6) is 0 Å². The number of carbonyl (C=O) groups is 4. The number of aromatic nitrogens is 2. The van der Waals surface area contributed by atoms with Gasteiger partial charge in [-0.25, -0.2) is 0 Å². The molecule has 232 valence electrons. The lowest BCUT2D eigenvalue weighted by Gasteiger charge is -2.32. The maximum absolute atomic E-state index is 14.2. The highest BCUT2D eigenvalue weighted by molar-refractivity contribution is 6.07. The Morgan fingerprint density at radius 2 is 1.89 bits per heavy atom. The summed E-state index contributed by atoms with van der Waals surface area (Å²) in [7, 11) is 0. The molecule has 44 heavy (non-hydrogen) atoms. The van der Waals surface area contributed by atoms with E-state index in [1.807, 2.05) is 45.0 Å². The van der Waals surface area contributed by atoms with Crippen molar-refractivity contribution in [2.75, 3.05) is 11.9 Å². The molecule has 3 heterocycles. The zero-order valence-corrected chi connectivity index (χ0v) is 25.6. The zero-order chi connectivity index (χ0) is 31.2. The summed E-state index contributed by atoms with van der Waals surface area (Å²) in [4.78, 5) is 56.0. The van der Waals surface area contributed by atoms with Gasteiger partial charge in [0.25, 0.3) is 5.91 Å². The molecule has 2 aliphatic carbocycles. The normalized spacial score (nSPS) is 23.9. The largest absolute Gasteiger partial charge is 0.342 e. The quantitative estimate of drug-likeness (QED) is 0.381. The number of nitrogens with zero attached hydrogens (tertiary/aromatic N) is 4. The first-order valence-corrected chi connectivity index (χ1v) is 15.7. The number of anilines is 1. The van der Waals surface area contributed by atoms with E-state index in [4.69, 9.17) is 0 Å². The van der Waals surface area contributed by atoms with Crippen LogP contribution in [0.2, 0.25) is 0 Å². The summed E-state index contributed by atoms with van der Waals surface area (Å²) in [5.74, 6) is -0.874. The van der Waals surface area contributed by atoms with Crippen LogP contribution in [0, 0.1) is 22.7 Å². The fourth-order valence-corrected chi connectivity index (χ4v) is 6.58. The topological polar surface area (TPSA) is 149 Å². The van der Waals surface area contributed by atoms with Gasteiger partial charge in [0.15, 0.2) is 0 Å². The van der Waals surface area contributed by atoms with Gasteiger partial charge in [-0.1, -0.05) is 51.8 Å². The molecule has 3 N–H and O–H groups in total. The summed E-state index contributed by atoms with van der Waals surface area (Å²) < 4.78 is 1.80. The molecule has 0 bridgehead atoms. The van der Waals surface area contributed by atoms with Crippen LogP contribution < -0.4 is 16.0 Å². The highest BCUT2D eigenvalue weighted by Gasteiger charge is 2.56. The van der Waals surface area contributed by atoms with Gasteiger partial charge in [0, 0.05) is 24.8 Å². The molecule has 2 aromatic rings. The van der Waals surface area contributed by atoms with Crippen molar-refractivity contribution in [1.29, 1.82) is 5.26 Å². The molecular formula is C33H41N7O4. The van der Waals surface area contributed by atoms with E-state index in [-0.39, 0.29) is 30.2 Å². The maximum Gasteiger partial charge on any atom is 0.255 e. The molecule has 1 aromatic carbocycles. The van der Waals surface area contributed by atoms with Crippen molar-refractivity contribution in [3.63, 3.8) is 0 Å². The van der Waals surface area contributed by atoms with Gasteiger partial charge in [-0.05, 0) is 55.1 Å².